The maximum absolute atomic E-state index is 12.6. The molecule has 0 aromatic heterocycles. The zero-order chi connectivity index (χ0) is 18.6. The van der Waals surface area contributed by atoms with Crippen LogP contribution in [-0.4, -0.2) is 13.5 Å². The van der Waals surface area contributed by atoms with Gasteiger partial charge in [-0.05, 0) is 59.7 Å². The van der Waals surface area contributed by atoms with E-state index in [9.17, 15) is 13.5 Å². The van der Waals surface area contributed by atoms with Crippen LogP contribution >= 0.6 is 0 Å². The van der Waals surface area contributed by atoms with Crippen LogP contribution in [0.25, 0.3) is 6.08 Å². The fraction of sp³-hybridized carbons (Fsp3) is 0.0476. The number of sulfone groups is 1. The molecule has 5 heteroatoms. The molecule has 0 aliphatic rings. The zero-order valence-corrected chi connectivity index (χ0v) is 14.8. The van der Waals surface area contributed by atoms with Gasteiger partial charge >= 0.3 is 0 Å². The minimum absolute atomic E-state index is 0.0208. The molecule has 0 saturated heterocycles. The Morgan fingerprint density at radius 2 is 1.46 bits per heavy atom. The summed E-state index contributed by atoms with van der Waals surface area (Å²) in [5.41, 5.74) is 2.00. The molecule has 0 aliphatic heterocycles. The number of hydrogen-bond donors (Lipinski definition) is 1. The largest absolute Gasteiger partial charge is 0.508 e. The smallest absolute Gasteiger partial charge is 0.206 e. The topological polar surface area (TPSA) is 63.6 Å². The van der Waals surface area contributed by atoms with Crippen molar-refractivity contribution in [3.05, 3.63) is 90.5 Å². The molecule has 1 N–H and O–H groups in total. The first kappa shape index (κ1) is 17.8. The summed E-state index contributed by atoms with van der Waals surface area (Å²) in [6.07, 6.45) is 1.77. The first-order valence-electron chi connectivity index (χ1n) is 7.98. The van der Waals surface area contributed by atoms with Gasteiger partial charge in [0.2, 0.25) is 9.84 Å². The fourth-order valence-corrected chi connectivity index (χ4v) is 3.76. The van der Waals surface area contributed by atoms with Gasteiger partial charge in [0, 0.05) is 0 Å². The second-order valence-corrected chi connectivity index (χ2v) is 7.61. The van der Waals surface area contributed by atoms with Gasteiger partial charge in [-0.2, -0.15) is 0 Å². The van der Waals surface area contributed by atoms with Gasteiger partial charge in [0.15, 0.2) is 0 Å². The highest BCUT2D eigenvalue weighted by molar-refractivity contribution is 7.91. The lowest BCUT2D eigenvalue weighted by Crippen LogP contribution is -2.02. The molecule has 0 fully saturated rings. The van der Waals surface area contributed by atoms with Gasteiger partial charge < -0.3 is 9.84 Å². The van der Waals surface area contributed by atoms with Gasteiger partial charge in [-0.15, -0.1) is 0 Å². The van der Waals surface area contributed by atoms with E-state index in [0.29, 0.717) is 12.4 Å². The van der Waals surface area contributed by atoms with E-state index in [1.54, 1.807) is 18.2 Å². The van der Waals surface area contributed by atoms with E-state index in [4.69, 9.17) is 4.74 Å². The molecule has 4 nitrogen and oxygen atoms in total. The Labute approximate surface area is 152 Å². The molecule has 3 aromatic rings. The predicted octanol–water partition coefficient (Wildman–Crippen LogP) is 4.45. The van der Waals surface area contributed by atoms with E-state index >= 15 is 0 Å². The summed E-state index contributed by atoms with van der Waals surface area (Å²) in [7, 11) is -3.63. The lowest BCUT2D eigenvalue weighted by atomic mass is 10.1. The van der Waals surface area contributed by atoms with Gasteiger partial charge in [-0.1, -0.05) is 36.9 Å². The average molecular weight is 366 g/mol. The summed E-state index contributed by atoms with van der Waals surface area (Å²) >= 11 is 0. The molecule has 26 heavy (non-hydrogen) atoms. The van der Waals surface area contributed by atoms with Crippen LogP contribution in [0.4, 0.5) is 0 Å². The van der Waals surface area contributed by atoms with Crippen molar-refractivity contribution in [2.45, 2.75) is 16.4 Å². The lowest BCUT2D eigenvalue weighted by Gasteiger charge is -2.10. The monoisotopic (exact) mass is 366 g/mol. The number of rotatable bonds is 6. The van der Waals surface area contributed by atoms with Crippen LogP contribution < -0.4 is 4.74 Å². The number of benzene rings is 3. The maximum Gasteiger partial charge on any atom is 0.206 e. The highest BCUT2D eigenvalue weighted by Gasteiger charge is 2.17. The molecule has 0 saturated carbocycles. The Morgan fingerprint density at radius 1 is 0.885 bits per heavy atom. The molecule has 0 amide bonds. The van der Waals surface area contributed by atoms with E-state index in [-0.39, 0.29) is 15.5 Å². The SMILES string of the molecule is C=Cc1ccccc1COc1ccc(S(=O)(=O)c2ccc(O)cc2)cc1. The van der Waals surface area contributed by atoms with Crippen LogP contribution in [0.3, 0.4) is 0 Å². The number of ether oxygens (including phenoxy) is 1. The first-order chi connectivity index (χ1) is 12.5. The zero-order valence-electron chi connectivity index (χ0n) is 14.0. The van der Waals surface area contributed by atoms with Crippen molar-refractivity contribution in [2.75, 3.05) is 0 Å². The Bertz CT molecular complexity index is 1000. The highest BCUT2D eigenvalue weighted by Crippen LogP contribution is 2.25. The normalized spacial score (nSPS) is 11.1. The van der Waals surface area contributed by atoms with Crippen molar-refractivity contribution < 1.29 is 18.3 Å². The minimum atomic E-state index is -3.63. The Hall–Kier alpha value is -3.05. The van der Waals surface area contributed by atoms with E-state index in [1.807, 2.05) is 24.3 Å². The van der Waals surface area contributed by atoms with Crippen molar-refractivity contribution >= 4 is 15.9 Å². The molecule has 0 unspecified atom stereocenters. The van der Waals surface area contributed by atoms with Gasteiger partial charge in [0.25, 0.3) is 0 Å². The number of aromatic hydroxyl groups is 1. The summed E-state index contributed by atoms with van der Waals surface area (Å²) < 4.78 is 30.9. The van der Waals surface area contributed by atoms with Gasteiger partial charge in [-0.3, -0.25) is 0 Å². The maximum atomic E-state index is 12.6. The second kappa shape index (κ2) is 7.45. The van der Waals surface area contributed by atoms with Gasteiger partial charge in [-0.25, -0.2) is 8.42 Å². The second-order valence-electron chi connectivity index (χ2n) is 5.66. The standard InChI is InChI=1S/C21H18O4S/c1-2-16-5-3-4-6-17(16)15-25-19-9-13-21(14-10-19)26(23,24)20-11-7-18(22)8-12-20/h2-14,22H,1,15H2. The van der Waals surface area contributed by atoms with Gasteiger partial charge in [0.05, 0.1) is 9.79 Å². The van der Waals surface area contributed by atoms with Crippen LogP contribution in [-0.2, 0) is 16.4 Å². The van der Waals surface area contributed by atoms with Crippen molar-refractivity contribution in [1.82, 2.24) is 0 Å². The van der Waals surface area contributed by atoms with Crippen LogP contribution in [0.15, 0.2) is 89.2 Å². The van der Waals surface area contributed by atoms with Crippen LogP contribution in [0.2, 0.25) is 0 Å². The third-order valence-electron chi connectivity index (χ3n) is 3.95. The molecular weight excluding hydrogens is 348 g/mol. The summed E-state index contributed by atoms with van der Waals surface area (Å²) in [5, 5.41) is 9.30. The number of phenolic OH excluding ortho intramolecular Hbond substituents is 1. The summed E-state index contributed by atoms with van der Waals surface area (Å²) in [4.78, 5) is 0.297. The molecule has 0 radical (unpaired) electrons. The molecule has 0 aliphatic carbocycles. The molecule has 3 rings (SSSR count). The minimum Gasteiger partial charge on any atom is -0.508 e. The van der Waals surface area contributed by atoms with E-state index in [0.717, 1.165) is 11.1 Å². The molecule has 0 spiro atoms. The fourth-order valence-electron chi connectivity index (χ4n) is 2.50. The summed E-state index contributed by atoms with van der Waals surface area (Å²) in [6.45, 7) is 4.15. The Kier molecular flexibility index (Phi) is 5.09. The van der Waals surface area contributed by atoms with E-state index in [2.05, 4.69) is 6.58 Å². The average Bonchev–Trinajstić information content (AvgIpc) is 2.67. The quantitative estimate of drug-likeness (QED) is 0.700. The van der Waals surface area contributed by atoms with Crippen molar-refractivity contribution in [2.24, 2.45) is 0 Å². The summed E-state index contributed by atoms with van der Waals surface area (Å²) in [5.74, 6) is 0.598. The van der Waals surface area contributed by atoms with E-state index in [1.165, 1.54) is 36.4 Å². The van der Waals surface area contributed by atoms with Crippen LogP contribution in [0.1, 0.15) is 11.1 Å². The molecule has 0 atom stereocenters. The molecular formula is C21H18O4S. The molecule has 0 bridgehead atoms. The van der Waals surface area contributed by atoms with Gasteiger partial charge in [0.1, 0.15) is 18.1 Å². The number of phenols is 1. The predicted molar refractivity (Wildman–Crippen MR) is 101 cm³/mol. The van der Waals surface area contributed by atoms with E-state index < -0.39 is 9.84 Å². The molecule has 3 aromatic carbocycles. The lowest BCUT2D eigenvalue weighted by molar-refractivity contribution is 0.306. The summed E-state index contributed by atoms with van der Waals surface area (Å²) in [6, 6.07) is 19.5. The first-order valence-corrected chi connectivity index (χ1v) is 9.46. The van der Waals surface area contributed by atoms with Crippen molar-refractivity contribution in [3.8, 4) is 11.5 Å². The molecule has 132 valence electrons. The molecule has 0 heterocycles. The highest BCUT2D eigenvalue weighted by atomic mass is 32.2. The van der Waals surface area contributed by atoms with Crippen LogP contribution in [0, 0.1) is 0 Å². The third-order valence-corrected chi connectivity index (χ3v) is 5.74. The van der Waals surface area contributed by atoms with Crippen molar-refractivity contribution in [3.63, 3.8) is 0 Å². The van der Waals surface area contributed by atoms with Crippen LogP contribution in [0.5, 0.6) is 11.5 Å². The Balaban J connectivity index is 1.76. The number of hydrogen-bond acceptors (Lipinski definition) is 4. The Morgan fingerprint density at radius 3 is 2.08 bits per heavy atom. The van der Waals surface area contributed by atoms with Crippen molar-refractivity contribution in [1.29, 1.82) is 0 Å². The third kappa shape index (κ3) is 3.78.